The van der Waals surface area contributed by atoms with Crippen LogP contribution in [-0.2, 0) is 4.74 Å². The van der Waals surface area contributed by atoms with E-state index in [4.69, 9.17) is 14.9 Å². The Morgan fingerprint density at radius 2 is 2.05 bits per heavy atom. The molecule has 1 atom stereocenters. The summed E-state index contributed by atoms with van der Waals surface area (Å²) in [5.41, 5.74) is 0.893. The zero-order valence-corrected chi connectivity index (χ0v) is 12.1. The number of ether oxygens (including phenoxy) is 1. The predicted molar refractivity (Wildman–Crippen MR) is 80.2 cm³/mol. The van der Waals surface area contributed by atoms with Crippen molar-refractivity contribution in [1.29, 1.82) is 0 Å². The monoisotopic (exact) mass is 299 g/mol. The molecule has 6 heteroatoms. The normalized spacial score (nSPS) is 12.1. The van der Waals surface area contributed by atoms with Gasteiger partial charge in [-0.25, -0.2) is 4.79 Å². The maximum Gasteiger partial charge on any atom is 0.405 e. The minimum absolute atomic E-state index is 0.199. The van der Waals surface area contributed by atoms with Crippen LogP contribution in [-0.4, -0.2) is 47.6 Å². The topological polar surface area (TPSA) is 78.8 Å². The van der Waals surface area contributed by atoms with Crippen molar-refractivity contribution in [3.63, 3.8) is 0 Å². The van der Waals surface area contributed by atoms with Gasteiger partial charge >= 0.3 is 6.09 Å². The minimum Gasteiger partial charge on any atom is -0.465 e. The molecule has 0 fully saturated rings. The highest BCUT2D eigenvalue weighted by molar-refractivity contribution is 7.99. The van der Waals surface area contributed by atoms with E-state index in [-0.39, 0.29) is 12.6 Å². The fraction of sp³-hybridized carbons (Fsp3) is 0.500. The number of rotatable bonds is 10. The summed E-state index contributed by atoms with van der Waals surface area (Å²) in [5.74, 6) is 1.68. The van der Waals surface area contributed by atoms with E-state index >= 15 is 0 Å². The lowest BCUT2D eigenvalue weighted by molar-refractivity contribution is 0.109. The van der Waals surface area contributed by atoms with E-state index in [9.17, 15) is 4.79 Å². The Bertz CT molecular complexity index is 375. The molecule has 0 radical (unpaired) electrons. The fourth-order valence-corrected chi connectivity index (χ4v) is 2.34. The zero-order valence-electron chi connectivity index (χ0n) is 11.3. The van der Waals surface area contributed by atoms with Crippen LogP contribution in [0.4, 0.5) is 4.79 Å². The molecule has 5 nitrogen and oxygen atoms in total. The Hall–Kier alpha value is -1.24. The van der Waals surface area contributed by atoms with Gasteiger partial charge in [0.15, 0.2) is 0 Å². The summed E-state index contributed by atoms with van der Waals surface area (Å²) in [6, 6.07) is 9.04. The van der Waals surface area contributed by atoms with Crippen molar-refractivity contribution in [3.05, 3.63) is 35.9 Å². The number of aliphatic hydroxyl groups is 1. The molecule has 0 aliphatic carbocycles. The van der Waals surface area contributed by atoms with E-state index < -0.39 is 6.09 Å². The Labute approximate surface area is 123 Å². The van der Waals surface area contributed by atoms with Crippen LogP contribution in [0.25, 0.3) is 0 Å². The Morgan fingerprint density at radius 1 is 1.30 bits per heavy atom. The van der Waals surface area contributed by atoms with Gasteiger partial charge in [-0.15, -0.1) is 0 Å². The Morgan fingerprint density at radius 3 is 2.70 bits per heavy atom. The van der Waals surface area contributed by atoms with Gasteiger partial charge in [-0.2, -0.15) is 11.8 Å². The molecule has 20 heavy (non-hydrogen) atoms. The van der Waals surface area contributed by atoms with E-state index in [1.807, 2.05) is 30.3 Å². The number of benzene rings is 1. The Kier molecular flexibility index (Phi) is 8.86. The number of amides is 1. The second-order valence-corrected chi connectivity index (χ2v) is 5.40. The van der Waals surface area contributed by atoms with E-state index in [2.05, 4.69) is 5.32 Å². The molecule has 3 N–H and O–H groups in total. The van der Waals surface area contributed by atoms with Gasteiger partial charge in [0.05, 0.1) is 19.3 Å². The van der Waals surface area contributed by atoms with Gasteiger partial charge in [-0.1, -0.05) is 30.3 Å². The molecule has 0 aromatic heterocycles. The lowest BCUT2D eigenvalue weighted by atomic mass is 10.1. The molecule has 0 heterocycles. The van der Waals surface area contributed by atoms with Crippen molar-refractivity contribution in [2.45, 2.75) is 12.5 Å². The van der Waals surface area contributed by atoms with Gasteiger partial charge in [0, 0.05) is 12.4 Å². The second kappa shape index (κ2) is 10.5. The average Bonchev–Trinajstić information content (AvgIpc) is 2.45. The second-order valence-electron chi connectivity index (χ2n) is 4.18. The fourth-order valence-electron chi connectivity index (χ4n) is 1.69. The molecular weight excluding hydrogens is 278 g/mol. The first-order valence-corrected chi connectivity index (χ1v) is 7.70. The summed E-state index contributed by atoms with van der Waals surface area (Å²) in [4.78, 5) is 10.8. The summed E-state index contributed by atoms with van der Waals surface area (Å²) in [5, 5.41) is 19.9. The van der Waals surface area contributed by atoms with Gasteiger partial charge in [0.25, 0.3) is 0 Å². The minimum atomic E-state index is -1.05. The highest BCUT2D eigenvalue weighted by Crippen LogP contribution is 2.13. The third-order valence-corrected chi connectivity index (χ3v) is 3.65. The number of carbonyl (C=O) groups is 1. The number of hydrogen-bond donors (Lipinski definition) is 3. The van der Waals surface area contributed by atoms with E-state index in [0.717, 1.165) is 23.5 Å². The third kappa shape index (κ3) is 7.37. The third-order valence-electron chi connectivity index (χ3n) is 2.60. The van der Waals surface area contributed by atoms with Crippen LogP contribution in [0, 0.1) is 0 Å². The van der Waals surface area contributed by atoms with Crippen molar-refractivity contribution in [2.75, 3.05) is 31.3 Å². The van der Waals surface area contributed by atoms with E-state index in [1.165, 1.54) is 0 Å². The zero-order chi connectivity index (χ0) is 14.6. The maximum absolute atomic E-state index is 10.8. The van der Waals surface area contributed by atoms with Gasteiger partial charge in [-0.3, -0.25) is 0 Å². The Balaban J connectivity index is 2.29. The first-order chi connectivity index (χ1) is 9.74. The molecule has 0 bridgehead atoms. The summed E-state index contributed by atoms with van der Waals surface area (Å²) in [7, 11) is 0. The largest absolute Gasteiger partial charge is 0.465 e. The number of aliphatic hydroxyl groups excluding tert-OH is 1. The first-order valence-electron chi connectivity index (χ1n) is 6.54. The predicted octanol–water partition coefficient (Wildman–Crippen LogP) is 2.13. The quantitative estimate of drug-likeness (QED) is 0.577. The van der Waals surface area contributed by atoms with Crippen LogP contribution in [0.1, 0.15) is 18.0 Å². The molecule has 0 spiro atoms. The van der Waals surface area contributed by atoms with Crippen molar-refractivity contribution in [3.8, 4) is 0 Å². The summed E-state index contributed by atoms with van der Waals surface area (Å²) in [6.45, 7) is 1.11. The molecule has 112 valence electrons. The summed E-state index contributed by atoms with van der Waals surface area (Å²) < 4.78 is 5.53. The van der Waals surface area contributed by atoms with Gasteiger partial charge in [0.2, 0.25) is 0 Å². The number of thioether (sulfide) groups is 1. The van der Waals surface area contributed by atoms with Crippen molar-refractivity contribution < 1.29 is 19.7 Å². The van der Waals surface area contributed by atoms with Crippen molar-refractivity contribution in [1.82, 2.24) is 5.32 Å². The smallest absolute Gasteiger partial charge is 0.405 e. The standard InChI is InChI=1S/C14H21NO4S/c16-7-10-20-9-4-8-19-11-13(15-14(17)18)12-5-2-1-3-6-12/h1-3,5-6,13,15-16H,4,7-11H2,(H,17,18)/t13-/m0/s1. The van der Waals surface area contributed by atoms with Crippen molar-refractivity contribution >= 4 is 17.9 Å². The first kappa shape index (κ1) is 16.8. The SMILES string of the molecule is O=C(O)N[C@@H](COCCCSCCO)c1ccccc1. The van der Waals surface area contributed by atoms with Crippen LogP contribution in [0.2, 0.25) is 0 Å². The lowest BCUT2D eigenvalue weighted by Crippen LogP contribution is -2.30. The van der Waals surface area contributed by atoms with Gasteiger partial charge < -0.3 is 20.3 Å². The lowest BCUT2D eigenvalue weighted by Gasteiger charge is -2.17. The molecule has 1 amide bonds. The highest BCUT2D eigenvalue weighted by Gasteiger charge is 2.13. The number of carboxylic acid groups (broad SMARTS) is 1. The molecule has 0 saturated heterocycles. The highest BCUT2D eigenvalue weighted by atomic mass is 32.2. The summed E-state index contributed by atoms with van der Waals surface area (Å²) in [6.07, 6.45) is -0.167. The summed E-state index contributed by atoms with van der Waals surface area (Å²) >= 11 is 1.68. The van der Waals surface area contributed by atoms with Crippen LogP contribution < -0.4 is 5.32 Å². The molecule has 0 aliphatic rings. The van der Waals surface area contributed by atoms with Gasteiger partial charge in [0.1, 0.15) is 0 Å². The molecule has 1 rings (SSSR count). The van der Waals surface area contributed by atoms with Crippen LogP contribution >= 0.6 is 11.8 Å². The van der Waals surface area contributed by atoms with Crippen LogP contribution in [0.5, 0.6) is 0 Å². The van der Waals surface area contributed by atoms with Crippen LogP contribution in [0.3, 0.4) is 0 Å². The number of nitrogens with one attached hydrogen (secondary N) is 1. The molecule has 0 saturated carbocycles. The molecule has 1 aromatic carbocycles. The molecule has 0 unspecified atom stereocenters. The van der Waals surface area contributed by atoms with Crippen LogP contribution in [0.15, 0.2) is 30.3 Å². The average molecular weight is 299 g/mol. The molecule has 0 aliphatic heterocycles. The van der Waals surface area contributed by atoms with Crippen molar-refractivity contribution in [2.24, 2.45) is 0 Å². The van der Waals surface area contributed by atoms with E-state index in [1.54, 1.807) is 11.8 Å². The van der Waals surface area contributed by atoms with E-state index in [0.29, 0.717) is 13.2 Å². The number of hydrogen-bond acceptors (Lipinski definition) is 4. The molecular formula is C14H21NO4S. The molecule has 1 aromatic rings. The van der Waals surface area contributed by atoms with Gasteiger partial charge in [-0.05, 0) is 17.7 Å². The maximum atomic E-state index is 10.8.